The molecule has 0 aliphatic carbocycles. The first-order valence-corrected chi connectivity index (χ1v) is 7.61. The summed E-state index contributed by atoms with van der Waals surface area (Å²) in [6.07, 6.45) is 2.64. The number of nitro benzene ring substituents is 1. The van der Waals surface area contributed by atoms with E-state index in [1.807, 2.05) is 6.92 Å². The lowest BCUT2D eigenvalue weighted by atomic mass is 10.2. The van der Waals surface area contributed by atoms with Gasteiger partial charge in [-0.3, -0.25) is 10.1 Å². The third-order valence-electron chi connectivity index (χ3n) is 2.94. The van der Waals surface area contributed by atoms with Crippen LogP contribution in [0.25, 0.3) is 0 Å². The van der Waals surface area contributed by atoms with Gasteiger partial charge in [0.1, 0.15) is 0 Å². The summed E-state index contributed by atoms with van der Waals surface area (Å²) in [6, 6.07) is 6.39. The van der Waals surface area contributed by atoms with Crippen LogP contribution in [0, 0.1) is 10.1 Å². The topological polar surface area (TPSA) is 88.8 Å². The van der Waals surface area contributed by atoms with E-state index in [9.17, 15) is 10.1 Å². The second-order valence-corrected chi connectivity index (χ2v) is 4.74. The van der Waals surface area contributed by atoms with Crippen molar-refractivity contribution in [3.8, 4) is 0 Å². The Morgan fingerprint density at radius 2 is 2.13 bits per heavy atom. The van der Waals surface area contributed by atoms with Crippen molar-refractivity contribution < 1.29 is 9.66 Å². The van der Waals surface area contributed by atoms with Gasteiger partial charge in [0, 0.05) is 38.4 Å². The zero-order chi connectivity index (χ0) is 16.9. The van der Waals surface area contributed by atoms with Crippen LogP contribution in [-0.2, 0) is 11.3 Å². The van der Waals surface area contributed by atoms with Gasteiger partial charge in [-0.15, -0.1) is 6.58 Å². The van der Waals surface area contributed by atoms with Crippen LogP contribution in [-0.4, -0.2) is 37.2 Å². The molecule has 0 radical (unpaired) electrons. The Bertz CT molecular complexity index is 515. The molecule has 0 spiro atoms. The van der Waals surface area contributed by atoms with E-state index in [0.29, 0.717) is 25.7 Å². The van der Waals surface area contributed by atoms with Crippen molar-refractivity contribution >= 4 is 11.6 Å². The Labute approximate surface area is 136 Å². The molecule has 126 valence electrons. The Balaban J connectivity index is 2.53. The molecule has 0 aromatic heterocycles. The van der Waals surface area contributed by atoms with Gasteiger partial charge in [0.25, 0.3) is 5.69 Å². The van der Waals surface area contributed by atoms with E-state index in [0.717, 1.165) is 25.1 Å². The molecule has 0 fully saturated rings. The summed E-state index contributed by atoms with van der Waals surface area (Å²) in [5, 5.41) is 17.0. The number of nitrogens with zero attached hydrogens (tertiary/aromatic N) is 2. The number of aliphatic imine (C=N–C) groups is 1. The van der Waals surface area contributed by atoms with Crippen molar-refractivity contribution in [2.45, 2.75) is 19.9 Å². The molecule has 0 atom stereocenters. The second-order valence-electron chi connectivity index (χ2n) is 4.74. The molecule has 0 aliphatic heterocycles. The van der Waals surface area contributed by atoms with Gasteiger partial charge in [0.15, 0.2) is 5.96 Å². The molecule has 2 N–H and O–H groups in total. The van der Waals surface area contributed by atoms with E-state index in [-0.39, 0.29) is 5.69 Å². The minimum absolute atomic E-state index is 0.0804. The quantitative estimate of drug-likeness (QED) is 0.172. The number of hydrogen-bond acceptors (Lipinski definition) is 4. The van der Waals surface area contributed by atoms with E-state index in [1.54, 1.807) is 18.2 Å². The van der Waals surface area contributed by atoms with Crippen molar-refractivity contribution in [3.63, 3.8) is 0 Å². The summed E-state index contributed by atoms with van der Waals surface area (Å²) in [6.45, 7) is 8.87. The number of ether oxygens (including phenoxy) is 1. The van der Waals surface area contributed by atoms with E-state index in [4.69, 9.17) is 4.74 Å². The summed E-state index contributed by atoms with van der Waals surface area (Å²) in [7, 11) is 0. The van der Waals surface area contributed by atoms with Crippen molar-refractivity contribution in [1.82, 2.24) is 10.6 Å². The first kappa shape index (κ1) is 18.6. The molecule has 0 aliphatic rings. The molecular formula is C16H24N4O3. The molecule has 1 rings (SSSR count). The lowest BCUT2D eigenvalue weighted by Gasteiger charge is -2.11. The predicted molar refractivity (Wildman–Crippen MR) is 91.5 cm³/mol. The van der Waals surface area contributed by atoms with Crippen LogP contribution in [0.2, 0.25) is 0 Å². The zero-order valence-corrected chi connectivity index (χ0v) is 13.5. The molecule has 1 aromatic rings. The molecule has 7 heteroatoms. The number of nitrogens with one attached hydrogen (secondary N) is 2. The lowest BCUT2D eigenvalue weighted by molar-refractivity contribution is -0.384. The standard InChI is InChI=1S/C16H24N4O3/c1-3-10-17-16(18-11-5-12-23-4-2)19-13-14-6-8-15(9-7-14)20(21)22/h3,6-9H,1,4-5,10-13H2,2H3,(H2,17,18,19). The van der Waals surface area contributed by atoms with Gasteiger partial charge in [-0.05, 0) is 18.9 Å². The van der Waals surface area contributed by atoms with Crippen molar-refractivity contribution in [2.24, 2.45) is 4.99 Å². The zero-order valence-electron chi connectivity index (χ0n) is 13.5. The molecule has 0 saturated heterocycles. The molecule has 7 nitrogen and oxygen atoms in total. The van der Waals surface area contributed by atoms with Gasteiger partial charge in [-0.1, -0.05) is 18.2 Å². The summed E-state index contributed by atoms with van der Waals surface area (Å²) in [5.41, 5.74) is 0.987. The average Bonchev–Trinajstić information content (AvgIpc) is 2.56. The molecule has 1 aromatic carbocycles. The van der Waals surface area contributed by atoms with Crippen LogP contribution >= 0.6 is 0 Å². The first-order chi connectivity index (χ1) is 11.2. The van der Waals surface area contributed by atoms with Crippen molar-refractivity contribution in [3.05, 3.63) is 52.6 Å². The summed E-state index contributed by atoms with van der Waals surface area (Å²) in [5.74, 6) is 0.680. The van der Waals surface area contributed by atoms with Crippen molar-refractivity contribution in [2.75, 3.05) is 26.3 Å². The highest BCUT2D eigenvalue weighted by Gasteiger charge is 2.04. The van der Waals surface area contributed by atoms with Gasteiger partial charge in [0.2, 0.25) is 0 Å². The largest absolute Gasteiger partial charge is 0.382 e. The van der Waals surface area contributed by atoms with Crippen LogP contribution < -0.4 is 10.6 Å². The van der Waals surface area contributed by atoms with Crippen LogP contribution in [0.5, 0.6) is 0 Å². The number of hydrogen-bond donors (Lipinski definition) is 2. The maximum atomic E-state index is 10.6. The van der Waals surface area contributed by atoms with Gasteiger partial charge >= 0.3 is 0 Å². The summed E-state index contributed by atoms with van der Waals surface area (Å²) >= 11 is 0. The molecular weight excluding hydrogens is 296 g/mol. The number of rotatable bonds is 10. The van der Waals surface area contributed by atoms with Crippen LogP contribution in [0.1, 0.15) is 18.9 Å². The smallest absolute Gasteiger partial charge is 0.269 e. The van der Waals surface area contributed by atoms with E-state index < -0.39 is 4.92 Å². The van der Waals surface area contributed by atoms with Gasteiger partial charge in [-0.25, -0.2) is 4.99 Å². The molecule has 0 amide bonds. The fourth-order valence-corrected chi connectivity index (χ4v) is 1.76. The SMILES string of the molecule is C=CCNC(=NCc1ccc([N+](=O)[O-])cc1)NCCCOCC. The minimum atomic E-state index is -0.413. The maximum Gasteiger partial charge on any atom is 0.269 e. The Hall–Kier alpha value is -2.41. The van der Waals surface area contributed by atoms with E-state index in [2.05, 4.69) is 22.2 Å². The molecule has 0 bridgehead atoms. The minimum Gasteiger partial charge on any atom is -0.382 e. The highest BCUT2D eigenvalue weighted by atomic mass is 16.6. The van der Waals surface area contributed by atoms with Gasteiger partial charge in [-0.2, -0.15) is 0 Å². The van der Waals surface area contributed by atoms with E-state index >= 15 is 0 Å². The Morgan fingerprint density at radius 3 is 2.74 bits per heavy atom. The normalized spacial score (nSPS) is 11.1. The Morgan fingerprint density at radius 1 is 1.39 bits per heavy atom. The fraction of sp³-hybridized carbons (Fsp3) is 0.438. The number of benzene rings is 1. The monoisotopic (exact) mass is 320 g/mol. The van der Waals surface area contributed by atoms with Crippen LogP contribution in [0.3, 0.4) is 0 Å². The maximum absolute atomic E-state index is 10.6. The molecule has 0 heterocycles. The van der Waals surface area contributed by atoms with Gasteiger partial charge in [0.05, 0.1) is 11.5 Å². The lowest BCUT2D eigenvalue weighted by Crippen LogP contribution is -2.38. The highest BCUT2D eigenvalue weighted by molar-refractivity contribution is 5.79. The first-order valence-electron chi connectivity index (χ1n) is 7.61. The summed E-state index contributed by atoms with van der Waals surface area (Å²) < 4.78 is 5.28. The molecule has 0 saturated carbocycles. The third-order valence-corrected chi connectivity index (χ3v) is 2.94. The average molecular weight is 320 g/mol. The highest BCUT2D eigenvalue weighted by Crippen LogP contribution is 2.12. The molecule has 0 unspecified atom stereocenters. The second kappa shape index (κ2) is 11.2. The third kappa shape index (κ3) is 7.96. The van der Waals surface area contributed by atoms with Crippen LogP contribution in [0.15, 0.2) is 41.9 Å². The van der Waals surface area contributed by atoms with Crippen LogP contribution in [0.4, 0.5) is 5.69 Å². The summed E-state index contributed by atoms with van der Waals surface area (Å²) in [4.78, 5) is 14.7. The van der Waals surface area contributed by atoms with Crippen molar-refractivity contribution in [1.29, 1.82) is 0 Å². The molecule has 23 heavy (non-hydrogen) atoms. The number of non-ortho nitro benzene ring substituents is 1. The predicted octanol–water partition coefficient (Wildman–Crippen LogP) is 2.24. The fourth-order valence-electron chi connectivity index (χ4n) is 1.76. The van der Waals surface area contributed by atoms with E-state index in [1.165, 1.54) is 12.1 Å². The van der Waals surface area contributed by atoms with Gasteiger partial charge < -0.3 is 15.4 Å². The number of guanidine groups is 1. The Kier molecular flexibility index (Phi) is 9.07. The number of nitro groups is 1.